The molecule has 1 aromatic heterocycles. The van der Waals surface area contributed by atoms with Gasteiger partial charge in [0.1, 0.15) is 12.4 Å². The van der Waals surface area contributed by atoms with Crippen LogP contribution in [0.3, 0.4) is 0 Å². The first-order chi connectivity index (χ1) is 7.45. The number of hydrogen-bond acceptors (Lipinski definition) is 4. The SMILES string of the molecule is CC1(CNS(=O)(=O)c2ccc(CO)o2)CC1. The molecule has 1 aliphatic carbocycles. The molecule has 0 radical (unpaired) electrons. The van der Waals surface area contributed by atoms with Crippen LogP contribution in [0.1, 0.15) is 25.5 Å². The number of hydrogen-bond donors (Lipinski definition) is 2. The van der Waals surface area contributed by atoms with Gasteiger partial charge in [-0.25, -0.2) is 13.1 Å². The second kappa shape index (κ2) is 3.87. The molecular weight excluding hydrogens is 230 g/mol. The van der Waals surface area contributed by atoms with Gasteiger partial charge in [0.2, 0.25) is 5.09 Å². The van der Waals surface area contributed by atoms with Crippen molar-refractivity contribution in [3.8, 4) is 0 Å². The molecule has 0 spiro atoms. The third-order valence-corrected chi connectivity index (χ3v) is 4.12. The van der Waals surface area contributed by atoms with Crippen molar-refractivity contribution in [2.45, 2.75) is 31.5 Å². The van der Waals surface area contributed by atoms with Crippen molar-refractivity contribution in [3.05, 3.63) is 17.9 Å². The monoisotopic (exact) mass is 245 g/mol. The third-order valence-electron chi connectivity index (χ3n) is 2.85. The Kier molecular flexibility index (Phi) is 2.81. The molecular formula is C10H15NO4S. The molecule has 90 valence electrons. The van der Waals surface area contributed by atoms with Gasteiger partial charge < -0.3 is 9.52 Å². The van der Waals surface area contributed by atoms with E-state index in [9.17, 15) is 8.42 Å². The largest absolute Gasteiger partial charge is 0.446 e. The van der Waals surface area contributed by atoms with Gasteiger partial charge in [-0.15, -0.1) is 0 Å². The van der Waals surface area contributed by atoms with E-state index in [1.807, 2.05) is 6.92 Å². The Morgan fingerprint density at radius 3 is 2.69 bits per heavy atom. The number of rotatable bonds is 5. The quantitative estimate of drug-likeness (QED) is 0.806. The Balaban J connectivity index is 2.06. The van der Waals surface area contributed by atoms with Gasteiger partial charge in [0.15, 0.2) is 0 Å². The summed E-state index contributed by atoms with van der Waals surface area (Å²) in [5, 5.41) is 8.64. The summed E-state index contributed by atoms with van der Waals surface area (Å²) in [6, 6.07) is 2.80. The van der Waals surface area contributed by atoms with Crippen molar-refractivity contribution >= 4 is 10.0 Å². The van der Waals surface area contributed by atoms with E-state index in [0.29, 0.717) is 6.54 Å². The van der Waals surface area contributed by atoms with E-state index >= 15 is 0 Å². The molecule has 1 fully saturated rings. The van der Waals surface area contributed by atoms with Crippen LogP contribution in [0.4, 0.5) is 0 Å². The van der Waals surface area contributed by atoms with Crippen molar-refractivity contribution in [2.24, 2.45) is 5.41 Å². The zero-order chi connectivity index (χ0) is 11.8. The summed E-state index contributed by atoms with van der Waals surface area (Å²) in [4.78, 5) is 0. The Morgan fingerprint density at radius 2 is 2.19 bits per heavy atom. The van der Waals surface area contributed by atoms with Crippen molar-refractivity contribution in [2.75, 3.05) is 6.54 Å². The Morgan fingerprint density at radius 1 is 1.50 bits per heavy atom. The van der Waals surface area contributed by atoms with E-state index in [4.69, 9.17) is 9.52 Å². The minimum atomic E-state index is -3.57. The number of nitrogens with one attached hydrogen (secondary N) is 1. The molecule has 0 aromatic carbocycles. The Hall–Kier alpha value is -0.850. The lowest BCUT2D eigenvalue weighted by Gasteiger charge is -2.08. The van der Waals surface area contributed by atoms with Gasteiger partial charge in [0, 0.05) is 6.54 Å². The summed E-state index contributed by atoms with van der Waals surface area (Å²) in [6.07, 6.45) is 2.10. The normalized spacial score (nSPS) is 18.6. The fourth-order valence-corrected chi connectivity index (χ4v) is 2.46. The second-order valence-corrected chi connectivity index (χ2v) is 6.21. The van der Waals surface area contributed by atoms with Crippen LogP contribution in [0.15, 0.2) is 21.6 Å². The second-order valence-electron chi connectivity index (χ2n) is 4.51. The molecule has 0 atom stereocenters. The van der Waals surface area contributed by atoms with E-state index in [1.165, 1.54) is 12.1 Å². The fraction of sp³-hybridized carbons (Fsp3) is 0.600. The van der Waals surface area contributed by atoms with Gasteiger partial charge in [0.05, 0.1) is 0 Å². The molecule has 6 heteroatoms. The highest BCUT2D eigenvalue weighted by atomic mass is 32.2. The van der Waals surface area contributed by atoms with E-state index in [2.05, 4.69) is 4.72 Å². The highest BCUT2D eigenvalue weighted by molar-refractivity contribution is 7.89. The molecule has 5 nitrogen and oxygen atoms in total. The lowest BCUT2D eigenvalue weighted by Crippen LogP contribution is -2.28. The average molecular weight is 245 g/mol. The van der Waals surface area contributed by atoms with E-state index in [1.54, 1.807) is 0 Å². The van der Waals surface area contributed by atoms with Gasteiger partial charge in [-0.1, -0.05) is 6.92 Å². The minimum Gasteiger partial charge on any atom is -0.446 e. The van der Waals surface area contributed by atoms with E-state index in [0.717, 1.165) is 12.8 Å². The molecule has 1 saturated carbocycles. The zero-order valence-electron chi connectivity index (χ0n) is 9.06. The van der Waals surface area contributed by atoms with E-state index in [-0.39, 0.29) is 22.9 Å². The first kappa shape index (κ1) is 11.6. The molecule has 2 N–H and O–H groups in total. The van der Waals surface area contributed by atoms with Crippen LogP contribution in [0.25, 0.3) is 0 Å². The summed E-state index contributed by atoms with van der Waals surface area (Å²) >= 11 is 0. The summed E-state index contributed by atoms with van der Waals surface area (Å²) in [7, 11) is -3.57. The summed E-state index contributed by atoms with van der Waals surface area (Å²) in [6.45, 7) is 2.18. The first-order valence-corrected chi connectivity index (χ1v) is 6.63. The maximum absolute atomic E-state index is 11.7. The highest BCUT2D eigenvalue weighted by Crippen LogP contribution is 2.44. The van der Waals surface area contributed by atoms with Crippen LogP contribution < -0.4 is 4.72 Å². The lowest BCUT2D eigenvalue weighted by atomic mass is 10.2. The van der Waals surface area contributed by atoms with Crippen molar-refractivity contribution in [1.82, 2.24) is 4.72 Å². The molecule has 0 aliphatic heterocycles. The highest BCUT2D eigenvalue weighted by Gasteiger charge is 2.38. The molecule has 1 aromatic rings. The fourth-order valence-electron chi connectivity index (χ4n) is 1.32. The Bertz CT molecular complexity index is 473. The summed E-state index contributed by atoms with van der Waals surface area (Å²) < 4.78 is 31.0. The summed E-state index contributed by atoms with van der Waals surface area (Å²) in [5.41, 5.74) is 0.111. The topological polar surface area (TPSA) is 79.5 Å². The predicted octanol–water partition coefficient (Wildman–Crippen LogP) is 0.850. The van der Waals surface area contributed by atoms with Crippen LogP contribution in [-0.4, -0.2) is 20.1 Å². The molecule has 1 heterocycles. The maximum Gasteiger partial charge on any atom is 0.273 e. The van der Waals surface area contributed by atoms with Crippen molar-refractivity contribution in [1.29, 1.82) is 0 Å². The minimum absolute atomic E-state index is 0.111. The third kappa shape index (κ3) is 2.45. The van der Waals surface area contributed by atoms with Gasteiger partial charge in [0.25, 0.3) is 10.0 Å². The zero-order valence-corrected chi connectivity index (χ0v) is 9.88. The lowest BCUT2D eigenvalue weighted by molar-refractivity contribution is 0.236. The molecule has 0 amide bonds. The van der Waals surface area contributed by atoms with Gasteiger partial charge in [-0.2, -0.15) is 0 Å². The number of aliphatic hydroxyl groups is 1. The molecule has 16 heavy (non-hydrogen) atoms. The average Bonchev–Trinajstić information content (AvgIpc) is 2.81. The molecule has 0 bridgehead atoms. The number of furan rings is 1. The van der Waals surface area contributed by atoms with Gasteiger partial charge in [-0.3, -0.25) is 0 Å². The predicted molar refractivity (Wildman–Crippen MR) is 57.2 cm³/mol. The first-order valence-electron chi connectivity index (χ1n) is 5.14. The van der Waals surface area contributed by atoms with E-state index < -0.39 is 10.0 Å². The van der Waals surface area contributed by atoms with Crippen LogP contribution in [-0.2, 0) is 16.6 Å². The standard InChI is InChI=1S/C10H15NO4S/c1-10(4-5-10)7-11-16(13,14)9-3-2-8(6-12)15-9/h2-3,11-12H,4-7H2,1H3. The van der Waals surface area contributed by atoms with Gasteiger partial charge >= 0.3 is 0 Å². The maximum atomic E-state index is 11.7. The van der Waals surface area contributed by atoms with Crippen LogP contribution in [0.5, 0.6) is 0 Å². The van der Waals surface area contributed by atoms with Crippen LogP contribution >= 0.6 is 0 Å². The number of sulfonamides is 1. The number of aliphatic hydroxyl groups excluding tert-OH is 1. The Labute approximate surface area is 94.5 Å². The molecule has 0 unspecified atom stereocenters. The molecule has 0 saturated heterocycles. The molecule has 2 rings (SSSR count). The van der Waals surface area contributed by atoms with Crippen molar-refractivity contribution < 1.29 is 17.9 Å². The smallest absolute Gasteiger partial charge is 0.273 e. The molecule has 1 aliphatic rings. The van der Waals surface area contributed by atoms with Crippen LogP contribution in [0.2, 0.25) is 0 Å². The van der Waals surface area contributed by atoms with Crippen LogP contribution in [0, 0.1) is 5.41 Å². The van der Waals surface area contributed by atoms with Gasteiger partial charge in [-0.05, 0) is 30.4 Å². The summed E-state index contributed by atoms with van der Waals surface area (Å²) in [5.74, 6) is 0.248. The van der Waals surface area contributed by atoms with Crippen molar-refractivity contribution in [3.63, 3.8) is 0 Å².